The van der Waals surface area contributed by atoms with E-state index in [1.165, 1.54) is 22.7 Å². The zero-order valence-corrected chi connectivity index (χ0v) is 14.5. The summed E-state index contributed by atoms with van der Waals surface area (Å²) in [7, 11) is -0.276. The van der Waals surface area contributed by atoms with Gasteiger partial charge in [-0.25, -0.2) is 4.79 Å². The predicted molar refractivity (Wildman–Crippen MR) is 88.8 cm³/mol. The molecular weight excluding hydrogens is 318 g/mol. The molecule has 1 fully saturated rings. The Morgan fingerprint density at radius 2 is 1.70 bits per heavy atom. The van der Waals surface area contributed by atoms with Gasteiger partial charge in [-0.3, -0.25) is 0 Å². The molecule has 0 N–H and O–H groups in total. The highest BCUT2D eigenvalue weighted by atomic mass is 32.2. The van der Waals surface area contributed by atoms with Gasteiger partial charge in [0.25, 0.3) is 10.2 Å². The Balaban J connectivity index is 1.99. The predicted octanol–water partition coefficient (Wildman–Crippen LogP) is 0.792. The van der Waals surface area contributed by atoms with Crippen LogP contribution >= 0.6 is 0 Å². The smallest absolute Gasteiger partial charge is 0.338 e. The SMILES string of the molecule is CCOC(=O)c1ccc(N2CCN(S(=O)(=O)N(C)C)CC2)cc1. The van der Waals surface area contributed by atoms with Gasteiger partial charge in [-0.1, -0.05) is 0 Å². The molecule has 1 aromatic rings. The minimum atomic E-state index is -3.35. The summed E-state index contributed by atoms with van der Waals surface area (Å²) in [6, 6.07) is 7.19. The molecule has 7 nitrogen and oxygen atoms in total. The number of benzene rings is 1. The molecule has 8 heteroatoms. The van der Waals surface area contributed by atoms with E-state index in [1.54, 1.807) is 19.1 Å². The molecule has 0 atom stereocenters. The molecule has 1 aromatic carbocycles. The minimum Gasteiger partial charge on any atom is -0.462 e. The molecule has 128 valence electrons. The second-order valence-electron chi connectivity index (χ2n) is 5.44. The first-order valence-corrected chi connectivity index (χ1v) is 8.95. The van der Waals surface area contributed by atoms with E-state index in [4.69, 9.17) is 4.74 Å². The van der Waals surface area contributed by atoms with Gasteiger partial charge in [0.15, 0.2) is 0 Å². The quantitative estimate of drug-likeness (QED) is 0.741. The van der Waals surface area contributed by atoms with Crippen molar-refractivity contribution in [3.05, 3.63) is 29.8 Å². The first-order valence-electron chi connectivity index (χ1n) is 7.56. The maximum absolute atomic E-state index is 12.1. The number of esters is 1. The normalized spacial score (nSPS) is 16.6. The molecule has 1 aliphatic heterocycles. The minimum absolute atomic E-state index is 0.332. The van der Waals surface area contributed by atoms with Crippen LogP contribution in [-0.2, 0) is 14.9 Å². The molecule has 0 amide bonds. The molecule has 23 heavy (non-hydrogen) atoms. The topological polar surface area (TPSA) is 70.2 Å². The van der Waals surface area contributed by atoms with E-state index in [-0.39, 0.29) is 5.97 Å². The molecule has 2 rings (SSSR count). The van der Waals surface area contributed by atoms with E-state index < -0.39 is 10.2 Å². The van der Waals surface area contributed by atoms with Crippen LogP contribution in [0.25, 0.3) is 0 Å². The Labute approximate surface area is 137 Å². The van der Waals surface area contributed by atoms with Gasteiger partial charge in [-0.2, -0.15) is 17.0 Å². The fraction of sp³-hybridized carbons (Fsp3) is 0.533. The third-order valence-electron chi connectivity index (χ3n) is 3.77. The fourth-order valence-electron chi connectivity index (χ4n) is 2.43. The molecule has 0 aliphatic carbocycles. The number of anilines is 1. The molecule has 0 unspecified atom stereocenters. The number of piperazine rings is 1. The molecule has 1 saturated heterocycles. The zero-order valence-electron chi connectivity index (χ0n) is 13.7. The second-order valence-corrected chi connectivity index (χ2v) is 7.59. The Kier molecular flexibility index (Phi) is 5.61. The largest absolute Gasteiger partial charge is 0.462 e. The van der Waals surface area contributed by atoms with Crippen LogP contribution in [0.5, 0.6) is 0 Å². The lowest BCUT2D eigenvalue weighted by Crippen LogP contribution is -2.51. The summed E-state index contributed by atoms with van der Waals surface area (Å²) in [6.45, 7) is 4.24. The van der Waals surface area contributed by atoms with E-state index in [1.807, 2.05) is 12.1 Å². The number of hydrogen-bond acceptors (Lipinski definition) is 5. The highest BCUT2D eigenvalue weighted by molar-refractivity contribution is 7.86. The molecule has 0 spiro atoms. The van der Waals surface area contributed by atoms with E-state index in [2.05, 4.69) is 4.90 Å². The number of rotatable bonds is 5. The summed E-state index contributed by atoms with van der Waals surface area (Å²) in [6.07, 6.45) is 0. The van der Waals surface area contributed by atoms with Gasteiger partial charge >= 0.3 is 5.97 Å². The summed E-state index contributed by atoms with van der Waals surface area (Å²) >= 11 is 0. The number of ether oxygens (including phenoxy) is 1. The van der Waals surface area contributed by atoms with Crippen molar-refractivity contribution in [2.24, 2.45) is 0 Å². The second kappa shape index (κ2) is 7.29. The zero-order chi connectivity index (χ0) is 17.0. The van der Waals surface area contributed by atoms with Crippen molar-refractivity contribution >= 4 is 21.9 Å². The number of hydrogen-bond donors (Lipinski definition) is 0. The van der Waals surface area contributed by atoms with Crippen molar-refractivity contribution in [1.29, 1.82) is 0 Å². The monoisotopic (exact) mass is 341 g/mol. The third-order valence-corrected chi connectivity index (χ3v) is 5.71. The van der Waals surface area contributed by atoms with Gasteiger partial charge in [0.05, 0.1) is 12.2 Å². The van der Waals surface area contributed by atoms with E-state index in [0.717, 1.165) is 5.69 Å². The summed E-state index contributed by atoms with van der Waals surface area (Å²) in [5.74, 6) is -0.332. The van der Waals surface area contributed by atoms with E-state index in [0.29, 0.717) is 38.3 Å². The van der Waals surface area contributed by atoms with Crippen molar-refractivity contribution in [3.63, 3.8) is 0 Å². The molecule has 0 bridgehead atoms. The average Bonchev–Trinajstić information content (AvgIpc) is 2.55. The first kappa shape index (κ1) is 17.7. The van der Waals surface area contributed by atoms with Crippen LogP contribution < -0.4 is 4.90 Å². The Hall–Kier alpha value is -1.64. The highest BCUT2D eigenvalue weighted by Crippen LogP contribution is 2.19. The lowest BCUT2D eigenvalue weighted by molar-refractivity contribution is 0.0526. The highest BCUT2D eigenvalue weighted by Gasteiger charge is 2.28. The van der Waals surface area contributed by atoms with E-state index >= 15 is 0 Å². The standard InChI is InChI=1S/C15H23N3O4S/c1-4-22-15(19)13-5-7-14(8-6-13)17-9-11-18(12-10-17)23(20,21)16(2)3/h5-8H,4,9-12H2,1-3H3. The molecule has 1 aliphatic rings. The van der Waals surface area contributed by atoms with Crippen LogP contribution in [0.15, 0.2) is 24.3 Å². The van der Waals surface area contributed by atoms with Gasteiger partial charge < -0.3 is 9.64 Å². The van der Waals surface area contributed by atoms with Crippen LogP contribution in [0.1, 0.15) is 17.3 Å². The van der Waals surface area contributed by atoms with Crippen LogP contribution in [0.4, 0.5) is 5.69 Å². The number of nitrogens with zero attached hydrogens (tertiary/aromatic N) is 3. The van der Waals surface area contributed by atoms with Gasteiger partial charge in [-0.05, 0) is 31.2 Å². The summed E-state index contributed by atoms with van der Waals surface area (Å²) < 4.78 is 31.9. The molecule has 0 saturated carbocycles. The Morgan fingerprint density at radius 1 is 1.13 bits per heavy atom. The Morgan fingerprint density at radius 3 is 2.17 bits per heavy atom. The molecule has 1 heterocycles. The summed E-state index contributed by atoms with van der Waals surface area (Å²) in [5.41, 5.74) is 1.49. The van der Waals surface area contributed by atoms with Gasteiger partial charge in [0, 0.05) is 46.0 Å². The van der Waals surface area contributed by atoms with Crippen molar-refractivity contribution in [1.82, 2.24) is 8.61 Å². The van der Waals surface area contributed by atoms with Crippen molar-refractivity contribution < 1.29 is 17.9 Å². The van der Waals surface area contributed by atoms with Crippen LogP contribution in [0.2, 0.25) is 0 Å². The summed E-state index contributed by atoms with van der Waals surface area (Å²) in [4.78, 5) is 13.7. The van der Waals surface area contributed by atoms with E-state index in [9.17, 15) is 13.2 Å². The first-order chi connectivity index (χ1) is 10.9. The molecular formula is C15H23N3O4S. The maximum atomic E-state index is 12.1. The fourth-order valence-corrected chi connectivity index (χ4v) is 3.52. The molecule has 0 aromatic heterocycles. The van der Waals surface area contributed by atoms with Gasteiger partial charge in [-0.15, -0.1) is 0 Å². The number of carbonyl (C=O) groups is 1. The molecule has 0 radical (unpaired) electrons. The maximum Gasteiger partial charge on any atom is 0.338 e. The third kappa shape index (κ3) is 4.01. The van der Waals surface area contributed by atoms with Crippen LogP contribution in [0, 0.1) is 0 Å². The van der Waals surface area contributed by atoms with Gasteiger partial charge in [0.1, 0.15) is 0 Å². The van der Waals surface area contributed by atoms with Crippen LogP contribution in [-0.4, -0.2) is 69.9 Å². The lowest BCUT2D eigenvalue weighted by atomic mass is 10.2. The number of carbonyl (C=O) groups excluding carboxylic acids is 1. The Bertz CT molecular complexity index is 635. The lowest BCUT2D eigenvalue weighted by Gasteiger charge is -2.36. The van der Waals surface area contributed by atoms with Crippen LogP contribution in [0.3, 0.4) is 0 Å². The van der Waals surface area contributed by atoms with Crippen molar-refractivity contribution in [2.45, 2.75) is 6.92 Å². The van der Waals surface area contributed by atoms with Crippen molar-refractivity contribution in [2.75, 3.05) is 51.8 Å². The van der Waals surface area contributed by atoms with Crippen molar-refractivity contribution in [3.8, 4) is 0 Å². The summed E-state index contributed by atoms with van der Waals surface area (Å²) in [5, 5.41) is 0. The average molecular weight is 341 g/mol. The van der Waals surface area contributed by atoms with Gasteiger partial charge in [0.2, 0.25) is 0 Å².